The van der Waals surface area contributed by atoms with Crippen LogP contribution in [0.5, 0.6) is 5.75 Å². The molecule has 3 heteroatoms. The predicted molar refractivity (Wildman–Crippen MR) is 86.3 cm³/mol. The van der Waals surface area contributed by atoms with E-state index in [1.807, 2.05) is 6.07 Å². The molecular formula is C17H30N2O. The Labute approximate surface area is 124 Å². The van der Waals surface area contributed by atoms with Crippen molar-refractivity contribution in [3.05, 3.63) is 29.8 Å². The fourth-order valence-corrected chi connectivity index (χ4v) is 2.02. The summed E-state index contributed by atoms with van der Waals surface area (Å²) in [5.74, 6) is 1.53. The molecule has 0 fully saturated rings. The third kappa shape index (κ3) is 6.92. The lowest BCUT2D eigenvalue weighted by Crippen LogP contribution is -2.31. The molecule has 0 bridgehead atoms. The molecule has 1 N–H and O–H groups in total. The molecule has 0 aliphatic rings. The van der Waals surface area contributed by atoms with E-state index in [9.17, 15) is 0 Å². The first-order chi connectivity index (χ1) is 9.65. The Balaban J connectivity index is 2.31. The maximum Gasteiger partial charge on any atom is 0.119 e. The van der Waals surface area contributed by atoms with Gasteiger partial charge >= 0.3 is 0 Å². The van der Waals surface area contributed by atoms with Crippen LogP contribution in [0, 0.1) is 5.92 Å². The van der Waals surface area contributed by atoms with E-state index in [1.165, 1.54) is 5.56 Å². The van der Waals surface area contributed by atoms with Crippen LogP contribution < -0.4 is 10.1 Å². The van der Waals surface area contributed by atoms with Crippen molar-refractivity contribution >= 4 is 0 Å². The van der Waals surface area contributed by atoms with Gasteiger partial charge in [-0.3, -0.25) is 0 Å². The van der Waals surface area contributed by atoms with Crippen LogP contribution in [0.2, 0.25) is 0 Å². The Kier molecular flexibility index (Phi) is 8.31. The molecule has 0 aliphatic heterocycles. The third-order valence-corrected chi connectivity index (χ3v) is 3.31. The van der Waals surface area contributed by atoms with Crippen LogP contribution in [0.1, 0.15) is 33.3 Å². The lowest BCUT2D eigenvalue weighted by atomic mass is 10.2. The van der Waals surface area contributed by atoms with Crippen LogP contribution in [-0.4, -0.2) is 37.7 Å². The minimum absolute atomic E-state index is 0.561. The topological polar surface area (TPSA) is 24.5 Å². The average molecular weight is 278 g/mol. The van der Waals surface area contributed by atoms with Crippen LogP contribution >= 0.6 is 0 Å². The molecule has 3 nitrogen and oxygen atoms in total. The van der Waals surface area contributed by atoms with Crippen molar-refractivity contribution in [2.24, 2.45) is 5.92 Å². The molecular weight excluding hydrogens is 248 g/mol. The zero-order valence-electron chi connectivity index (χ0n) is 13.5. The summed E-state index contributed by atoms with van der Waals surface area (Å²) in [6.45, 7) is 14.8. The quantitative estimate of drug-likeness (QED) is 0.665. The van der Waals surface area contributed by atoms with Crippen molar-refractivity contribution in [2.75, 3.05) is 32.8 Å². The molecule has 0 saturated carbocycles. The number of ether oxygens (including phenoxy) is 1. The van der Waals surface area contributed by atoms with Gasteiger partial charge in [0.15, 0.2) is 0 Å². The fourth-order valence-electron chi connectivity index (χ4n) is 2.02. The van der Waals surface area contributed by atoms with E-state index in [2.05, 4.69) is 56.1 Å². The van der Waals surface area contributed by atoms with Crippen molar-refractivity contribution in [1.29, 1.82) is 0 Å². The summed E-state index contributed by atoms with van der Waals surface area (Å²) in [5.41, 5.74) is 1.28. The van der Waals surface area contributed by atoms with E-state index in [4.69, 9.17) is 4.74 Å². The molecule has 1 rings (SSSR count). The average Bonchev–Trinajstić information content (AvgIpc) is 2.46. The van der Waals surface area contributed by atoms with Gasteiger partial charge in [-0.25, -0.2) is 0 Å². The molecule has 0 unspecified atom stereocenters. The zero-order valence-corrected chi connectivity index (χ0v) is 13.5. The monoisotopic (exact) mass is 278 g/mol. The number of hydrogen-bond acceptors (Lipinski definition) is 3. The molecule has 114 valence electrons. The summed E-state index contributed by atoms with van der Waals surface area (Å²) in [6.07, 6.45) is 0. The highest BCUT2D eigenvalue weighted by molar-refractivity contribution is 5.28. The summed E-state index contributed by atoms with van der Waals surface area (Å²) < 4.78 is 5.75. The summed E-state index contributed by atoms with van der Waals surface area (Å²) in [6, 6.07) is 8.37. The van der Waals surface area contributed by atoms with E-state index >= 15 is 0 Å². The smallest absolute Gasteiger partial charge is 0.119 e. The lowest BCUT2D eigenvalue weighted by molar-refractivity contribution is 0.270. The summed E-state index contributed by atoms with van der Waals surface area (Å²) in [7, 11) is 0. The Hall–Kier alpha value is -1.06. The summed E-state index contributed by atoms with van der Waals surface area (Å²) >= 11 is 0. The zero-order chi connectivity index (χ0) is 14.8. The first-order valence-corrected chi connectivity index (χ1v) is 7.80. The Morgan fingerprint density at radius 3 is 2.60 bits per heavy atom. The molecule has 0 aromatic heterocycles. The van der Waals surface area contributed by atoms with Crippen LogP contribution in [0.4, 0.5) is 0 Å². The van der Waals surface area contributed by atoms with Crippen molar-refractivity contribution in [3.8, 4) is 5.75 Å². The van der Waals surface area contributed by atoms with E-state index < -0.39 is 0 Å². The summed E-state index contributed by atoms with van der Waals surface area (Å²) in [5, 5.41) is 3.50. The Bertz CT molecular complexity index is 362. The van der Waals surface area contributed by atoms with Crippen molar-refractivity contribution < 1.29 is 4.74 Å². The number of likely N-dealkylation sites (N-methyl/N-ethyl adjacent to an activating group) is 1. The van der Waals surface area contributed by atoms with E-state index in [0.29, 0.717) is 5.92 Å². The van der Waals surface area contributed by atoms with Gasteiger partial charge in [0.2, 0.25) is 0 Å². The Morgan fingerprint density at radius 1 is 1.20 bits per heavy atom. The number of nitrogens with one attached hydrogen (secondary N) is 1. The SMILES string of the molecule is CCN(CC)CCNCc1cccc(OCC(C)C)c1. The first-order valence-electron chi connectivity index (χ1n) is 7.80. The molecule has 0 saturated heterocycles. The second kappa shape index (κ2) is 9.78. The lowest BCUT2D eigenvalue weighted by Gasteiger charge is -2.18. The van der Waals surface area contributed by atoms with Gasteiger partial charge in [-0.2, -0.15) is 0 Å². The standard InChI is InChI=1S/C17H30N2O/c1-5-19(6-2)11-10-18-13-16-8-7-9-17(12-16)20-14-15(3)4/h7-9,12,15,18H,5-6,10-11,13-14H2,1-4H3. The van der Waals surface area contributed by atoms with Gasteiger partial charge in [0.1, 0.15) is 5.75 Å². The van der Waals surface area contributed by atoms with Gasteiger partial charge in [-0.15, -0.1) is 0 Å². The number of nitrogens with zero attached hydrogens (tertiary/aromatic N) is 1. The first kappa shape index (κ1) is 17.0. The van der Waals surface area contributed by atoms with E-state index in [1.54, 1.807) is 0 Å². The maximum atomic E-state index is 5.75. The predicted octanol–water partition coefficient (Wildman–Crippen LogP) is 3.15. The molecule has 1 aromatic carbocycles. The third-order valence-electron chi connectivity index (χ3n) is 3.31. The second-order valence-electron chi connectivity index (χ2n) is 5.56. The van der Waals surface area contributed by atoms with Crippen molar-refractivity contribution in [3.63, 3.8) is 0 Å². The van der Waals surface area contributed by atoms with E-state index in [-0.39, 0.29) is 0 Å². The fraction of sp³-hybridized carbons (Fsp3) is 0.647. The largest absolute Gasteiger partial charge is 0.493 e. The van der Waals surface area contributed by atoms with Crippen LogP contribution in [-0.2, 0) is 6.54 Å². The van der Waals surface area contributed by atoms with Gasteiger partial charge < -0.3 is 15.0 Å². The molecule has 0 heterocycles. The molecule has 0 amide bonds. The van der Waals surface area contributed by atoms with Crippen LogP contribution in [0.25, 0.3) is 0 Å². The summed E-state index contributed by atoms with van der Waals surface area (Å²) in [4.78, 5) is 2.43. The van der Waals surface area contributed by atoms with E-state index in [0.717, 1.165) is 45.1 Å². The maximum absolute atomic E-state index is 5.75. The normalized spacial score (nSPS) is 11.3. The highest BCUT2D eigenvalue weighted by Crippen LogP contribution is 2.14. The number of benzene rings is 1. The van der Waals surface area contributed by atoms with Crippen molar-refractivity contribution in [1.82, 2.24) is 10.2 Å². The number of rotatable bonds is 10. The molecule has 0 spiro atoms. The van der Waals surface area contributed by atoms with Crippen LogP contribution in [0.3, 0.4) is 0 Å². The minimum atomic E-state index is 0.561. The van der Waals surface area contributed by atoms with Gasteiger partial charge in [-0.1, -0.05) is 39.8 Å². The molecule has 1 aromatic rings. The molecule has 0 atom stereocenters. The van der Waals surface area contributed by atoms with Gasteiger partial charge in [-0.05, 0) is 36.7 Å². The molecule has 0 aliphatic carbocycles. The van der Waals surface area contributed by atoms with Crippen LogP contribution in [0.15, 0.2) is 24.3 Å². The Morgan fingerprint density at radius 2 is 1.95 bits per heavy atom. The highest BCUT2D eigenvalue weighted by atomic mass is 16.5. The van der Waals surface area contributed by atoms with Crippen molar-refractivity contribution in [2.45, 2.75) is 34.2 Å². The molecule has 0 radical (unpaired) electrons. The highest BCUT2D eigenvalue weighted by Gasteiger charge is 2.00. The number of hydrogen-bond donors (Lipinski definition) is 1. The second-order valence-corrected chi connectivity index (χ2v) is 5.56. The van der Waals surface area contributed by atoms with Gasteiger partial charge in [0.25, 0.3) is 0 Å². The van der Waals surface area contributed by atoms with Gasteiger partial charge in [0.05, 0.1) is 6.61 Å². The minimum Gasteiger partial charge on any atom is -0.493 e. The van der Waals surface area contributed by atoms with Gasteiger partial charge in [0, 0.05) is 19.6 Å². The molecule has 20 heavy (non-hydrogen) atoms.